The Morgan fingerprint density at radius 2 is 2.47 bits per heavy atom. The van der Waals surface area contributed by atoms with E-state index >= 15 is 0 Å². The summed E-state index contributed by atoms with van der Waals surface area (Å²) in [7, 11) is 0. The highest BCUT2D eigenvalue weighted by molar-refractivity contribution is 5.36. The molecule has 0 radical (unpaired) electrons. The largest absolute Gasteiger partial charge is 0.492 e. The van der Waals surface area contributed by atoms with Crippen molar-refractivity contribution in [2.75, 3.05) is 26.4 Å². The van der Waals surface area contributed by atoms with Crippen molar-refractivity contribution >= 4 is 0 Å². The smallest absolute Gasteiger partial charge is 0.138 e. The van der Waals surface area contributed by atoms with Crippen molar-refractivity contribution in [3.05, 3.63) is 24.0 Å². The standard InChI is InChI=1S/C13H15NO3/c15-4-1-2-11-6-13(8-14-7-11)17-10-12-3-5-16-9-12/h6-8,12,15H,3-5,9-10H2. The molecule has 90 valence electrons. The molecule has 1 fully saturated rings. The summed E-state index contributed by atoms with van der Waals surface area (Å²) in [6, 6.07) is 1.82. The van der Waals surface area contributed by atoms with E-state index in [-0.39, 0.29) is 6.61 Å². The highest BCUT2D eigenvalue weighted by Crippen LogP contribution is 2.16. The minimum Gasteiger partial charge on any atom is -0.492 e. The summed E-state index contributed by atoms with van der Waals surface area (Å²) in [5, 5.41) is 8.60. The highest BCUT2D eigenvalue weighted by Gasteiger charge is 2.16. The van der Waals surface area contributed by atoms with Gasteiger partial charge in [-0.05, 0) is 12.5 Å². The third-order valence-corrected chi connectivity index (χ3v) is 2.53. The van der Waals surface area contributed by atoms with Crippen LogP contribution in [-0.2, 0) is 4.74 Å². The average molecular weight is 233 g/mol. The molecule has 0 amide bonds. The van der Waals surface area contributed by atoms with E-state index in [2.05, 4.69) is 16.8 Å². The third-order valence-electron chi connectivity index (χ3n) is 2.53. The van der Waals surface area contributed by atoms with Crippen LogP contribution in [0.2, 0.25) is 0 Å². The minimum absolute atomic E-state index is 0.148. The van der Waals surface area contributed by atoms with Crippen LogP contribution >= 0.6 is 0 Å². The van der Waals surface area contributed by atoms with E-state index in [0.29, 0.717) is 18.3 Å². The lowest BCUT2D eigenvalue weighted by Gasteiger charge is -2.09. The zero-order chi connectivity index (χ0) is 11.9. The van der Waals surface area contributed by atoms with Crippen molar-refractivity contribution in [2.45, 2.75) is 6.42 Å². The zero-order valence-electron chi connectivity index (χ0n) is 9.56. The molecule has 1 aliphatic heterocycles. The molecule has 0 bridgehead atoms. The van der Waals surface area contributed by atoms with Crippen molar-refractivity contribution < 1.29 is 14.6 Å². The van der Waals surface area contributed by atoms with Gasteiger partial charge in [-0.3, -0.25) is 4.98 Å². The SMILES string of the molecule is OCC#Cc1cncc(OCC2CCOC2)c1. The van der Waals surface area contributed by atoms with Crippen molar-refractivity contribution in [1.29, 1.82) is 0 Å². The number of aliphatic hydroxyl groups is 1. The molecule has 2 rings (SSSR count). The fraction of sp³-hybridized carbons (Fsp3) is 0.462. The molecule has 2 heterocycles. The van der Waals surface area contributed by atoms with Gasteiger partial charge in [0.25, 0.3) is 0 Å². The Balaban J connectivity index is 1.91. The first-order chi connectivity index (χ1) is 8.38. The number of nitrogens with zero attached hydrogens (tertiary/aromatic N) is 1. The molecule has 1 aliphatic rings. The molecule has 1 saturated heterocycles. The van der Waals surface area contributed by atoms with Crippen LogP contribution in [0.3, 0.4) is 0 Å². The molecule has 0 aromatic carbocycles. The summed E-state index contributed by atoms with van der Waals surface area (Å²) in [4.78, 5) is 4.04. The van der Waals surface area contributed by atoms with Gasteiger partial charge >= 0.3 is 0 Å². The molecule has 1 aromatic rings. The summed E-state index contributed by atoms with van der Waals surface area (Å²) in [6.45, 7) is 2.11. The molecule has 1 aromatic heterocycles. The Hall–Kier alpha value is -1.57. The van der Waals surface area contributed by atoms with Crippen LogP contribution in [0.25, 0.3) is 0 Å². The number of aromatic nitrogens is 1. The summed E-state index contributed by atoms with van der Waals surface area (Å²) in [5.74, 6) is 6.56. The number of pyridine rings is 1. The molecule has 4 heteroatoms. The van der Waals surface area contributed by atoms with Crippen LogP contribution < -0.4 is 4.74 Å². The van der Waals surface area contributed by atoms with Gasteiger partial charge < -0.3 is 14.6 Å². The number of hydrogen-bond acceptors (Lipinski definition) is 4. The van der Waals surface area contributed by atoms with Gasteiger partial charge in [-0.25, -0.2) is 0 Å². The first-order valence-corrected chi connectivity index (χ1v) is 5.64. The fourth-order valence-corrected chi connectivity index (χ4v) is 1.64. The second kappa shape index (κ2) is 6.24. The predicted octanol–water partition coefficient (Wildman–Crippen LogP) is 0.841. The first kappa shape index (κ1) is 11.9. The third kappa shape index (κ3) is 3.74. The van der Waals surface area contributed by atoms with Gasteiger partial charge in [0.1, 0.15) is 12.4 Å². The minimum atomic E-state index is -0.148. The predicted molar refractivity (Wildman–Crippen MR) is 62.6 cm³/mol. The molecule has 0 aliphatic carbocycles. The normalized spacial score (nSPS) is 18.5. The maximum atomic E-state index is 8.60. The molecule has 17 heavy (non-hydrogen) atoms. The summed E-state index contributed by atoms with van der Waals surface area (Å²) in [5.41, 5.74) is 0.749. The van der Waals surface area contributed by atoms with Gasteiger partial charge in [-0.15, -0.1) is 0 Å². The number of hydrogen-bond donors (Lipinski definition) is 1. The topological polar surface area (TPSA) is 51.6 Å². The molecule has 0 spiro atoms. The molecule has 1 N–H and O–H groups in total. The summed E-state index contributed by atoms with van der Waals surface area (Å²) in [6.07, 6.45) is 4.37. The van der Waals surface area contributed by atoms with Crippen LogP contribution in [0, 0.1) is 17.8 Å². The average Bonchev–Trinajstić information content (AvgIpc) is 2.87. The van der Waals surface area contributed by atoms with E-state index in [0.717, 1.165) is 25.2 Å². The lowest BCUT2D eigenvalue weighted by molar-refractivity contribution is 0.167. The quantitative estimate of drug-likeness (QED) is 0.786. The monoisotopic (exact) mass is 233 g/mol. The van der Waals surface area contributed by atoms with Crippen LogP contribution in [0.5, 0.6) is 5.75 Å². The van der Waals surface area contributed by atoms with Crippen molar-refractivity contribution in [3.63, 3.8) is 0 Å². The Morgan fingerprint density at radius 1 is 1.53 bits per heavy atom. The van der Waals surface area contributed by atoms with E-state index in [9.17, 15) is 0 Å². The fourth-order valence-electron chi connectivity index (χ4n) is 1.64. The molecular formula is C13H15NO3. The Kier molecular flexibility index (Phi) is 4.37. The van der Waals surface area contributed by atoms with Crippen molar-refractivity contribution in [1.82, 2.24) is 4.98 Å². The highest BCUT2D eigenvalue weighted by atomic mass is 16.5. The van der Waals surface area contributed by atoms with E-state index < -0.39 is 0 Å². The second-order valence-electron chi connectivity index (χ2n) is 3.91. The molecule has 1 unspecified atom stereocenters. The number of ether oxygens (including phenoxy) is 2. The van der Waals surface area contributed by atoms with Gasteiger partial charge in [0.2, 0.25) is 0 Å². The van der Waals surface area contributed by atoms with E-state index in [1.54, 1.807) is 12.4 Å². The van der Waals surface area contributed by atoms with Gasteiger partial charge in [-0.2, -0.15) is 0 Å². The van der Waals surface area contributed by atoms with Gasteiger partial charge in [0, 0.05) is 24.3 Å². The van der Waals surface area contributed by atoms with Gasteiger partial charge in [-0.1, -0.05) is 11.8 Å². The van der Waals surface area contributed by atoms with E-state index in [1.807, 2.05) is 6.07 Å². The van der Waals surface area contributed by atoms with E-state index in [1.165, 1.54) is 0 Å². The van der Waals surface area contributed by atoms with Crippen LogP contribution in [0.1, 0.15) is 12.0 Å². The van der Waals surface area contributed by atoms with Crippen molar-refractivity contribution in [3.8, 4) is 17.6 Å². The molecular weight excluding hydrogens is 218 g/mol. The summed E-state index contributed by atoms with van der Waals surface area (Å²) >= 11 is 0. The van der Waals surface area contributed by atoms with E-state index in [4.69, 9.17) is 14.6 Å². The maximum absolute atomic E-state index is 8.60. The number of rotatable bonds is 3. The summed E-state index contributed by atoms with van der Waals surface area (Å²) < 4.78 is 10.9. The Morgan fingerprint density at radius 3 is 3.24 bits per heavy atom. The van der Waals surface area contributed by atoms with Gasteiger partial charge in [0.15, 0.2) is 0 Å². The lowest BCUT2D eigenvalue weighted by Crippen LogP contribution is -2.11. The Bertz CT molecular complexity index is 416. The van der Waals surface area contributed by atoms with Gasteiger partial charge in [0.05, 0.1) is 19.4 Å². The van der Waals surface area contributed by atoms with Crippen LogP contribution in [-0.4, -0.2) is 36.5 Å². The lowest BCUT2D eigenvalue weighted by atomic mass is 10.1. The molecule has 4 nitrogen and oxygen atoms in total. The van der Waals surface area contributed by atoms with Crippen LogP contribution in [0.15, 0.2) is 18.5 Å². The second-order valence-corrected chi connectivity index (χ2v) is 3.91. The maximum Gasteiger partial charge on any atom is 0.138 e. The first-order valence-electron chi connectivity index (χ1n) is 5.64. The number of aliphatic hydroxyl groups excluding tert-OH is 1. The van der Waals surface area contributed by atoms with Crippen molar-refractivity contribution in [2.24, 2.45) is 5.92 Å². The molecule has 0 saturated carbocycles. The Labute approximate surface area is 101 Å². The van der Waals surface area contributed by atoms with Crippen LogP contribution in [0.4, 0.5) is 0 Å². The molecule has 1 atom stereocenters. The zero-order valence-corrected chi connectivity index (χ0v) is 9.56.